The van der Waals surface area contributed by atoms with Gasteiger partial charge in [-0.15, -0.1) is 0 Å². The van der Waals surface area contributed by atoms with Gasteiger partial charge in [-0.3, -0.25) is 4.79 Å². The Labute approximate surface area is 337 Å². The number of carbonyl (C=O) groups excluding carboxylic acids is 1. The van der Waals surface area contributed by atoms with E-state index in [1.54, 1.807) is 6.92 Å². The van der Waals surface area contributed by atoms with Crippen LogP contribution >= 0.6 is 0 Å². The summed E-state index contributed by atoms with van der Waals surface area (Å²) in [5.74, 6) is -4.40. The number of allylic oxidation sites excluding steroid dienone is 3. The highest BCUT2D eigenvalue weighted by molar-refractivity contribution is 5.78. The molecule has 5 aliphatic carbocycles. The van der Waals surface area contributed by atoms with Crippen LogP contribution in [0, 0.1) is 44.3 Å². The third-order valence-corrected chi connectivity index (χ3v) is 16.7. The number of aliphatic hydroxyl groups is 5. The van der Waals surface area contributed by atoms with Crippen LogP contribution in [0.25, 0.3) is 0 Å². The molecule has 16 heteroatoms. The minimum absolute atomic E-state index is 0.0612. The normalized spacial score (nSPS) is 51.1. The van der Waals surface area contributed by atoms with Crippen molar-refractivity contribution in [3.8, 4) is 0 Å². The Kier molecular flexibility index (Phi) is 10.8. The van der Waals surface area contributed by atoms with Crippen LogP contribution in [0.15, 0.2) is 23.3 Å². The van der Waals surface area contributed by atoms with Gasteiger partial charge in [0.2, 0.25) is 0 Å². The van der Waals surface area contributed by atoms with E-state index in [2.05, 4.69) is 26.8 Å². The number of hydrogen-bond donors (Lipinski definition) is 8. The third-order valence-electron chi connectivity index (χ3n) is 16.7. The first-order valence-corrected chi connectivity index (χ1v) is 20.5. The smallest absolute Gasteiger partial charge is 0.335 e. The molecular weight excluding hydrogens is 760 g/mol. The summed E-state index contributed by atoms with van der Waals surface area (Å²) in [6.45, 7) is 12.6. The molecule has 2 aliphatic heterocycles. The molecule has 5 fully saturated rings. The first-order valence-electron chi connectivity index (χ1n) is 20.5. The molecule has 3 saturated carbocycles. The monoisotopic (exact) mass is 820 g/mol. The molecule has 0 radical (unpaired) electrons. The molecule has 1 unspecified atom stereocenters. The highest BCUT2D eigenvalue weighted by atomic mass is 16.8. The Morgan fingerprint density at radius 1 is 0.690 bits per heavy atom. The van der Waals surface area contributed by atoms with E-state index in [0.29, 0.717) is 32.1 Å². The molecule has 0 bridgehead atoms. The lowest BCUT2D eigenvalue weighted by atomic mass is 9.34. The first kappa shape index (κ1) is 43.3. The predicted octanol–water partition coefficient (Wildman–Crippen LogP) is 2.17. The van der Waals surface area contributed by atoms with Gasteiger partial charge < -0.3 is 64.6 Å². The van der Waals surface area contributed by atoms with Crippen molar-refractivity contribution in [3.05, 3.63) is 23.3 Å². The lowest BCUT2D eigenvalue weighted by Crippen LogP contribution is -2.67. The van der Waals surface area contributed by atoms with Gasteiger partial charge in [0.1, 0.15) is 42.9 Å². The average molecular weight is 821 g/mol. The van der Waals surface area contributed by atoms with Crippen LogP contribution in [0.3, 0.4) is 0 Å². The average Bonchev–Trinajstić information content (AvgIpc) is 3.15. The predicted molar refractivity (Wildman–Crippen MR) is 199 cm³/mol. The van der Waals surface area contributed by atoms with Crippen LogP contribution in [0.4, 0.5) is 0 Å². The fraction of sp³-hybridized carbons (Fsp3) is 0.810. The maximum atomic E-state index is 13.8. The van der Waals surface area contributed by atoms with Gasteiger partial charge in [0.05, 0.1) is 11.5 Å². The van der Waals surface area contributed by atoms with Crippen molar-refractivity contribution in [1.29, 1.82) is 0 Å². The number of carboxylic acid groups (broad SMARTS) is 3. The molecule has 0 aromatic heterocycles. The molecule has 58 heavy (non-hydrogen) atoms. The number of aldehydes is 1. The zero-order valence-electron chi connectivity index (χ0n) is 33.9. The molecule has 8 N–H and O–H groups in total. The number of carboxylic acids is 3. The van der Waals surface area contributed by atoms with Gasteiger partial charge in [-0.05, 0) is 109 Å². The van der Waals surface area contributed by atoms with Crippen molar-refractivity contribution in [1.82, 2.24) is 0 Å². The maximum absolute atomic E-state index is 13.8. The summed E-state index contributed by atoms with van der Waals surface area (Å²) in [6, 6.07) is 0. The highest BCUT2D eigenvalue weighted by Gasteiger charge is 2.69. The molecule has 7 aliphatic rings. The second-order valence-corrected chi connectivity index (χ2v) is 19.9. The standard InChI is InChI=1S/C42H60O16/c1-37(2)21-9-11-41(6)22(8-7-19-20-17-39(4,36(53)54)14-13-38(20,3)15-16-40(19,41)5)42(21,18-43)12-10-23(37)55-35-31(27(47)26(46)30(57-35)33(51)52)58-34-28(48)24(44)25(45)29(56-34)32(49)50/h7,17-18,21-31,34-35,44-48H,8-16H2,1-6H3,(H,49,50)(H,51,52)(H,53,54)/t21-,22-,23-,24-,25-,26-,27-,28+,29-,30-,31+,34-,35+,38+,39-,40+,41+,42?/m0/s1. The number of aliphatic carboxylic acids is 3. The van der Waals surface area contributed by atoms with E-state index < -0.39 is 102 Å². The van der Waals surface area contributed by atoms with E-state index in [0.717, 1.165) is 37.5 Å². The van der Waals surface area contributed by atoms with E-state index in [-0.39, 0.29) is 28.1 Å². The second-order valence-electron chi connectivity index (χ2n) is 19.9. The van der Waals surface area contributed by atoms with Crippen LogP contribution in [-0.4, -0.2) is 133 Å². The van der Waals surface area contributed by atoms with Gasteiger partial charge >= 0.3 is 17.9 Å². The molecule has 18 atom stereocenters. The van der Waals surface area contributed by atoms with Crippen molar-refractivity contribution in [2.45, 2.75) is 167 Å². The summed E-state index contributed by atoms with van der Waals surface area (Å²) in [5.41, 5.74) is -0.955. The molecule has 0 aromatic carbocycles. The number of ether oxygens (including phenoxy) is 4. The van der Waals surface area contributed by atoms with Crippen LogP contribution in [-0.2, 0) is 38.1 Å². The van der Waals surface area contributed by atoms with Gasteiger partial charge in [-0.1, -0.05) is 46.8 Å². The van der Waals surface area contributed by atoms with Crippen LogP contribution < -0.4 is 0 Å². The Balaban J connectivity index is 1.19. The van der Waals surface area contributed by atoms with Crippen LogP contribution in [0.5, 0.6) is 0 Å². The van der Waals surface area contributed by atoms with Crippen LogP contribution in [0.2, 0.25) is 0 Å². The van der Waals surface area contributed by atoms with Crippen molar-refractivity contribution in [3.63, 3.8) is 0 Å². The Bertz CT molecular complexity index is 1760. The lowest BCUT2D eigenvalue weighted by molar-refractivity contribution is -0.371. The van der Waals surface area contributed by atoms with Crippen molar-refractivity contribution >= 4 is 24.2 Å². The minimum Gasteiger partial charge on any atom is -0.481 e. The molecular formula is C42H60O16. The Hall–Kier alpha value is -2.80. The van der Waals surface area contributed by atoms with E-state index in [1.165, 1.54) is 5.57 Å². The third kappa shape index (κ3) is 6.18. The number of hydrogen-bond acceptors (Lipinski definition) is 13. The van der Waals surface area contributed by atoms with Crippen molar-refractivity contribution < 1.29 is 79.0 Å². The summed E-state index contributed by atoms with van der Waals surface area (Å²) in [6.07, 6.45) is -9.05. The van der Waals surface area contributed by atoms with Crippen molar-refractivity contribution in [2.75, 3.05) is 0 Å². The van der Waals surface area contributed by atoms with Crippen LogP contribution in [0.1, 0.15) is 99.3 Å². The molecule has 0 amide bonds. The minimum atomic E-state index is -2.06. The number of rotatable bonds is 8. The fourth-order valence-corrected chi connectivity index (χ4v) is 12.7. The van der Waals surface area contributed by atoms with Gasteiger partial charge in [0.15, 0.2) is 24.8 Å². The van der Waals surface area contributed by atoms with Gasteiger partial charge in [0, 0.05) is 5.41 Å². The zero-order valence-corrected chi connectivity index (χ0v) is 33.9. The summed E-state index contributed by atoms with van der Waals surface area (Å²) in [4.78, 5) is 50.2. The largest absolute Gasteiger partial charge is 0.481 e. The molecule has 7 rings (SSSR count). The maximum Gasteiger partial charge on any atom is 0.335 e. The molecule has 0 spiro atoms. The van der Waals surface area contributed by atoms with Crippen molar-refractivity contribution in [2.24, 2.45) is 44.3 Å². The molecule has 16 nitrogen and oxygen atoms in total. The summed E-state index contributed by atoms with van der Waals surface area (Å²) in [5, 5.41) is 82.9. The SMILES string of the molecule is CC1(C)[C@@H](O[C@@H]2O[C@H](C(=O)O)[C@@H](O)[C@H](O)[C@H]2O[C@@H]2O[C@H](C(=O)O)[C@@H](O)[C@H](O)[C@H]2O)CCC2(C=O)[C@H]3CC=C4C5=C[C@@](C)(C(=O)O)CC[C@]5(C)CC[C@@]4(C)[C@]3(C)CC[C@@H]12. The highest BCUT2D eigenvalue weighted by Crippen LogP contribution is 2.75. The van der Waals surface area contributed by atoms with E-state index >= 15 is 0 Å². The molecule has 2 heterocycles. The Morgan fingerprint density at radius 2 is 1.29 bits per heavy atom. The van der Waals surface area contributed by atoms with Gasteiger partial charge in [0.25, 0.3) is 0 Å². The molecule has 2 saturated heterocycles. The fourth-order valence-electron chi connectivity index (χ4n) is 12.7. The van der Waals surface area contributed by atoms with E-state index in [9.17, 15) is 60.0 Å². The number of carbonyl (C=O) groups is 4. The lowest BCUT2D eigenvalue weighted by Gasteiger charge is -2.70. The number of fused-ring (bicyclic) bond motifs is 7. The quantitative estimate of drug-likeness (QED) is 0.129. The number of aliphatic hydroxyl groups excluding tert-OH is 5. The second kappa shape index (κ2) is 14.4. The zero-order chi connectivity index (χ0) is 42.7. The molecule has 0 aromatic rings. The Morgan fingerprint density at radius 3 is 1.90 bits per heavy atom. The first-order chi connectivity index (χ1) is 26.9. The van der Waals surface area contributed by atoms with Gasteiger partial charge in [-0.2, -0.15) is 0 Å². The summed E-state index contributed by atoms with van der Waals surface area (Å²) in [7, 11) is 0. The van der Waals surface area contributed by atoms with E-state index in [1.807, 2.05) is 19.9 Å². The molecule has 324 valence electrons. The van der Waals surface area contributed by atoms with E-state index in [4.69, 9.17) is 18.9 Å². The summed E-state index contributed by atoms with van der Waals surface area (Å²) >= 11 is 0. The van der Waals surface area contributed by atoms with Gasteiger partial charge in [-0.25, -0.2) is 9.59 Å². The summed E-state index contributed by atoms with van der Waals surface area (Å²) < 4.78 is 23.3. The topological polar surface area (TPSA) is 267 Å².